The average Bonchev–Trinajstić information content (AvgIpc) is 3.12. The van der Waals surface area contributed by atoms with E-state index in [9.17, 15) is 20.4 Å². The highest BCUT2D eigenvalue weighted by molar-refractivity contribution is 5.89. The van der Waals surface area contributed by atoms with Crippen LogP contribution in [0.3, 0.4) is 0 Å². The van der Waals surface area contributed by atoms with Gasteiger partial charge in [0.05, 0.1) is 55.4 Å². The van der Waals surface area contributed by atoms with E-state index in [2.05, 4.69) is 27.8 Å². The molecule has 0 saturated carbocycles. The van der Waals surface area contributed by atoms with Crippen LogP contribution in [0.4, 0.5) is 0 Å². The summed E-state index contributed by atoms with van der Waals surface area (Å²) < 4.78 is 2.08. The van der Waals surface area contributed by atoms with Crippen LogP contribution in [0.25, 0.3) is 44.1 Å². The number of aliphatic hydroxyl groups excluding tert-OH is 4. The lowest BCUT2D eigenvalue weighted by Gasteiger charge is -2.11. The molecule has 0 aliphatic rings. The summed E-state index contributed by atoms with van der Waals surface area (Å²) in [6.45, 7) is 3.51. The van der Waals surface area contributed by atoms with Gasteiger partial charge in [-0.1, -0.05) is 18.2 Å². The third-order valence-electron chi connectivity index (χ3n) is 8.52. The molecule has 6 rings (SSSR count). The van der Waals surface area contributed by atoms with Crippen LogP contribution >= 0.6 is 0 Å². The van der Waals surface area contributed by atoms with Gasteiger partial charge in [-0.15, -0.1) is 0 Å². The molecule has 0 fully saturated rings. The second-order valence-electron chi connectivity index (χ2n) is 11.3. The molecule has 0 spiro atoms. The second kappa shape index (κ2) is 15.4. The molecule has 0 bridgehead atoms. The standard InChI is InChI=1S/C20H19N2O2.C19H16N2O2.CH3/c1-13-19-8-18(12-24)17(11-23)7-16(19)9-20(22(13)2)15-5-3-4-14(6-15)10-21;1-12-18-7-17(11-23)16(10-22)6-15(18)8-19(21-12)14-4-2-3-13(5-14)9-20;/h3-9,23-24H,11-12H2,1-2H3;2-8,22-23H,10-11H2,1H3;1H3/q+1;;-1. The maximum Gasteiger partial charge on any atom is 0.213 e. The van der Waals surface area contributed by atoms with E-state index < -0.39 is 0 Å². The van der Waals surface area contributed by atoms with Gasteiger partial charge in [-0.25, -0.2) is 0 Å². The molecule has 0 aliphatic carbocycles. The molecule has 0 saturated heterocycles. The van der Waals surface area contributed by atoms with Crippen LogP contribution in [0, 0.1) is 43.9 Å². The van der Waals surface area contributed by atoms with Crippen molar-refractivity contribution in [2.24, 2.45) is 7.05 Å². The van der Waals surface area contributed by atoms with Crippen molar-refractivity contribution >= 4 is 21.5 Å². The Kier molecular flexibility index (Phi) is 11.4. The molecule has 4 aromatic carbocycles. The Morgan fingerprint density at radius 3 is 1.65 bits per heavy atom. The average molecular weight is 639 g/mol. The number of aliphatic hydroxyl groups is 4. The number of nitrogens with zero attached hydrogens (tertiary/aromatic N) is 4. The summed E-state index contributed by atoms with van der Waals surface area (Å²) in [4.78, 5) is 4.62. The molecular weight excluding hydrogens is 600 g/mol. The first-order valence-electron chi connectivity index (χ1n) is 15.1. The van der Waals surface area contributed by atoms with Crippen molar-refractivity contribution in [1.29, 1.82) is 10.5 Å². The molecule has 242 valence electrons. The van der Waals surface area contributed by atoms with Gasteiger partial charge >= 0.3 is 0 Å². The first kappa shape index (κ1) is 35.4. The largest absolute Gasteiger partial charge is 0.392 e. The van der Waals surface area contributed by atoms with Gasteiger partial charge in [0.1, 0.15) is 7.05 Å². The van der Waals surface area contributed by atoms with Gasteiger partial charge in [-0.05, 0) is 101 Å². The molecule has 0 radical (unpaired) electrons. The van der Waals surface area contributed by atoms with Crippen LogP contribution < -0.4 is 4.57 Å². The van der Waals surface area contributed by atoms with E-state index in [0.717, 1.165) is 66.6 Å². The SMILES string of the molecule is Cc1c2cc(CO)c(CO)cc2cc(-c2cccc(C#N)c2)[n+]1C.Cc1nc(-c2cccc(C#N)c2)cc2cc(CO)c(CO)cc12.[CH3-]. The summed E-state index contributed by atoms with van der Waals surface area (Å²) in [7, 11) is 1.99. The Morgan fingerprint density at radius 2 is 1.10 bits per heavy atom. The Balaban J connectivity index is 0.000000212. The van der Waals surface area contributed by atoms with Crippen LogP contribution in [0.15, 0.2) is 84.9 Å². The number of rotatable bonds is 6. The van der Waals surface area contributed by atoms with Crippen molar-refractivity contribution in [2.45, 2.75) is 40.3 Å². The zero-order chi connectivity index (χ0) is 33.7. The third-order valence-corrected chi connectivity index (χ3v) is 8.52. The maximum atomic E-state index is 9.54. The normalized spacial score (nSPS) is 10.5. The molecule has 0 amide bonds. The van der Waals surface area contributed by atoms with Crippen molar-refractivity contribution < 1.29 is 25.0 Å². The first-order valence-corrected chi connectivity index (χ1v) is 15.1. The molecule has 2 aromatic heterocycles. The van der Waals surface area contributed by atoms with Gasteiger partial charge in [-0.3, -0.25) is 4.98 Å². The van der Waals surface area contributed by atoms with Gasteiger partial charge in [0.2, 0.25) is 5.69 Å². The molecule has 48 heavy (non-hydrogen) atoms. The summed E-state index contributed by atoms with van der Waals surface area (Å²) in [5.74, 6) is 0. The van der Waals surface area contributed by atoms with E-state index >= 15 is 0 Å². The minimum atomic E-state index is -0.119. The highest BCUT2D eigenvalue weighted by Gasteiger charge is 2.18. The fourth-order valence-corrected chi connectivity index (χ4v) is 5.82. The van der Waals surface area contributed by atoms with Gasteiger partial charge < -0.3 is 27.9 Å². The molecule has 0 atom stereocenters. The van der Waals surface area contributed by atoms with E-state index in [1.54, 1.807) is 12.1 Å². The summed E-state index contributed by atoms with van der Waals surface area (Å²) in [6.07, 6.45) is 0. The van der Waals surface area contributed by atoms with Gasteiger partial charge in [0, 0.05) is 40.6 Å². The summed E-state index contributed by atoms with van der Waals surface area (Å²) in [5.41, 5.74) is 9.65. The van der Waals surface area contributed by atoms with Gasteiger partial charge in [0.25, 0.3) is 0 Å². The Hall–Kier alpha value is -5.48. The van der Waals surface area contributed by atoms with Crippen molar-refractivity contribution in [1.82, 2.24) is 4.98 Å². The van der Waals surface area contributed by atoms with Gasteiger partial charge in [0.15, 0.2) is 5.69 Å². The number of fused-ring (bicyclic) bond motifs is 2. The molecule has 8 heteroatoms. The van der Waals surface area contributed by atoms with Crippen LogP contribution in [-0.4, -0.2) is 25.4 Å². The Morgan fingerprint density at radius 1 is 0.625 bits per heavy atom. The maximum absolute atomic E-state index is 9.54. The Bertz CT molecular complexity index is 2210. The number of hydrogen-bond donors (Lipinski definition) is 4. The number of aryl methyl sites for hydroxylation is 2. The monoisotopic (exact) mass is 638 g/mol. The molecular formula is C40H38N4O4. The van der Waals surface area contributed by atoms with E-state index in [1.165, 1.54) is 0 Å². The number of hydrogen-bond acceptors (Lipinski definition) is 7. The summed E-state index contributed by atoms with van der Waals surface area (Å²) >= 11 is 0. The zero-order valence-electron chi connectivity index (χ0n) is 27.5. The molecule has 8 nitrogen and oxygen atoms in total. The number of pyridine rings is 2. The number of aromatic nitrogens is 2. The highest BCUT2D eigenvalue weighted by atomic mass is 16.3. The molecule has 0 aliphatic heterocycles. The lowest BCUT2D eigenvalue weighted by Crippen LogP contribution is -2.35. The van der Waals surface area contributed by atoms with Crippen LogP contribution in [-0.2, 0) is 33.5 Å². The van der Waals surface area contributed by atoms with E-state index in [1.807, 2.05) is 87.6 Å². The predicted octanol–water partition coefficient (Wildman–Crippen LogP) is 6.01. The van der Waals surface area contributed by atoms with E-state index in [4.69, 9.17) is 10.5 Å². The Labute approximate surface area is 280 Å². The fraction of sp³-hybridized carbons (Fsp3) is 0.175. The third kappa shape index (κ3) is 7.08. The molecule has 4 N–H and O–H groups in total. The number of nitriles is 2. The fourth-order valence-electron chi connectivity index (χ4n) is 5.82. The zero-order valence-corrected chi connectivity index (χ0v) is 27.5. The van der Waals surface area contributed by atoms with Crippen molar-refractivity contribution in [3.63, 3.8) is 0 Å². The van der Waals surface area contributed by atoms with Crippen molar-refractivity contribution in [3.05, 3.63) is 137 Å². The van der Waals surface area contributed by atoms with Crippen molar-refractivity contribution in [2.75, 3.05) is 0 Å². The van der Waals surface area contributed by atoms with Crippen LogP contribution in [0.5, 0.6) is 0 Å². The number of benzene rings is 4. The molecule has 2 heterocycles. The second-order valence-corrected chi connectivity index (χ2v) is 11.3. The van der Waals surface area contributed by atoms with Crippen molar-refractivity contribution in [3.8, 4) is 34.7 Å². The molecule has 6 aromatic rings. The first-order chi connectivity index (χ1) is 22.7. The predicted molar refractivity (Wildman–Crippen MR) is 187 cm³/mol. The lowest BCUT2D eigenvalue weighted by molar-refractivity contribution is -0.665. The minimum absolute atomic E-state index is 0. The van der Waals surface area contributed by atoms with Crippen LogP contribution in [0.2, 0.25) is 0 Å². The summed E-state index contributed by atoms with van der Waals surface area (Å²) in [6, 6.07) is 30.8. The van der Waals surface area contributed by atoms with Crippen LogP contribution in [0.1, 0.15) is 44.8 Å². The highest BCUT2D eigenvalue weighted by Crippen LogP contribution is 2.29. The topological polar surface area (TPSA) is 145 Å². The summed E-state index contributed by atoms with van der Waals surface area (Å²) in [5, 5.41) is 60.1. The molecule has 0 unspecified atom stereocenters. The van der Waals surface area contributed by atoms with E-state index in [-0.39, 0.29) is 33.9 Å². The van der Waals surface area contributed by atoms with E-state index in [0.29, 0.717) is 22.3 Å². The quantitative estimate of drug-likeness (QED) is 0.129. The smallest absolute Gasteiger partial charge is 0.213 e. The van der Waals surface area contributed by atoms with Gasteiger partial charge in [-0.2, -0.15) is 15.1 Å². The lowest BCUT2D eigenvalue weighted by atomic mass is 9.98. The minimum Gasteiger partial charge on any atom is -0.392 e.